The Morgan fingerprint density at radius 2 is 2.00 bits per heavy atom. The van der Waals surface area contributed by atoms with Gasteiger partial charge in [-0.1, -0.05) is 18.2 Å². The Balaban J connectivity index is 0.00000128. The number of anilines is 1. The maximum Gasteiger partial charge on any atom is 0.262 e. The summed E-state index contributed by atoms with van der Waals surface area (Å²) in [6.45, 7) is 4.60. The summed E-state index contributed by atoms with van der Waals surface area (Å²) in [5.74, 6) is 0. The lowest BCUT2D eigenvalue weighted by atomic mass is 10.1. The predicted molar refractivity (Wildman–Crippen MR) is 123 cm³/mol. The highest BCUT2D eigenvalue weighted by atomic mass is 35.5. The number of piperazine rings is 1. The number of nitrogens with zero attached hydrogens (tertiary/aromatic N) is 1. The minimum atomic E-state index is -3.65. The molecule has 2 bridgehead atoms. The topological polar surface area (TPSA) is 74.6 Å². The zero-order valence-electron chi connectivity index (χ0n) is 16.5. The monoisotopic (exact) mass is 469 g/mol. The molecule has 0 saturated carbocycles. The number of aryl methyl sites for hydroxylation is 1. The molecule has 2 aliphatic rings. The third-order valence-corrected chi connectivity index (χ3v) is 7.35. The molecule has 162 valence electrons. The summed E-state index contributed by atoms with van der Waals surface area (Å²) in [6.07, 6.45) is 2.84. The lowest BCUT2D eigenvalue weighted by molar-refractivity contribution is 0.218. The first-order valence-corrected chi connectivity index (χ1v) is 11.0. The molecule has 0 radical (unpaired) electrons. The minimum Gasteiger partial charge on any atom is -0.464 e. The zero-order valence-corrected chi connectivity index (χ0v) is 18.9. The summed E-state index contributed by atoms with van der Waals surface area (Å²) in [4.78, 5) is 2.75. The highest BCUT2D eigenvalue weighted by Gasteiger charge is 2.37. The molecule has 0 aliphatic carbocycles. The quantitative estimate of drug-likeness (QED) is 0.591. The van der Waals surface area contributed by atoms with Crippen molar-refractivity contribution in [1.29, 1.82) is 0 Å². The number of likely N-dealkylation sites (tertiary alicyclic amines) is 1. The molecule has 0 unspecified atom stereocenters. The molecule has 2 saturated heterocycles. The third kappa shape index (κ3) is 4.18. The molecule has 2 aromatic carbocycles. The maximum absolute atomic E-state index is 12.9. The molecule has 0 amide bonds. The second kappa shape index (κ2) is 8.77. The molecule has 3 aromatic rings. The van der Waals surface area contributed by atoms with E-state index in [4.69, 9.17) is 4.42 Å². The first kappa shape index (κ1) is 22.9. The van der Waals surface area contributed by atoms with E-state index in [0.717, 1.165) is 41.7 Å². The Labute approximate surface area is 188 Å². The zero-order chi connectivity index (χ0) is 19.3. The van der Waals surface area contributed by atoms with Gasteiger partial charge < -0.3 is 9.73 Å². The van der Waals surface area contributed by atoms with Crippen molar-refractivity contribution in [3.05, 3.63) is 59.9 Å². The van der Waals surface area contributed by atoms with E-state index in [9.17, 15) is 8.42 Å². The van der Waals surface area contributed by atoms with Gasteiger partial charge in [0.2, 0.25) is 0 Å². The van der Waals surface area contributed by atoms with Crippen LogP contribution in [0.25, 0.3) is 11.0 Å². The molecule has 9 heteroatoms. The summed E-state index contributed by atoms with van der Waals surface area (Å²) < 4.78 is 34.3. The van der Waals surface area contributed by atoms with Crippen LogP contribution >= 0.6 is 24.8 Å². The van der Waals surface area contributed by atoms with Crippen molar-refractivity contribution in [2.24, 2.45) is 0 Å². The number of fused-ring (bicyclic) bond motifs is 3. The van der Waals surface area contributed by atoms with Gasteiger partial charge in [0.1, 0.15) is 5.58 Å². The maximum atomic E-state index is 12.9. The van der Waals surface area contributed by atoms with Crippen LogP contribution in [0.15, 0.2) is 58.0 Å². The Hall–Kier alpha value is -1.77. The molecule has 2 fully saturated rings. The Bertz CT molecular complexity index is 1150. The number of hydrogen-bond donors (Lipinski definition) is 2. The van der Waals surface area contributed by atoms with Gasteiger partial charge in [-0.2, -0.15) is 0 Å². The fourth-order valence-electron chi connectivity index (χ4n) is 4.46. The van der Waals surface area contributed by atoms with Gasteiger partial charge in [-0.05, 0) is 43.2 Å². The molecule has 6 nitrogen and oxygen atoms in total. The summed E-state index contributed by atoms with van der Waals surface area (Å²) in [5, 5.41) is 4.42. The van der Waals surface area contributed by atoms with Gasteiger partial charge in [-0.3, -0.25) is 9.62 Å². The van der Waals surface area contributed by atoms with E-state index in [2.05, 4.69) is 14.9 Å². The molecule has 5 rings (SSSR count). The molecule has 30 heavy (non-hydrogen) atoms. The van der Waals surface area contributed by atoms with Crippen LogP contribution < -0.4 is 10.0 Å². The average molecular weight is 470 g/mol. The second-order valence-corrected chi connectivity index (χ2v) is 9.42. The average Bonchev–Trinajstić information content (AvgIpc) is 3.38. The van der Waals surface area contributed by atoms with Crippen molar-refractivity contribution < 1.29 is 12.8 Å². The van der Waals surface area contributed by atoms with Crippen LogP contribution in [-0.4, -0.2) is 38.5 Å². The number of rotatable bonds is 5. The first-order chi connectivity index (χ1) is 13.5. The number of hydrogen-bond acceptors (Lipinski definition) is 5. The lowest BCUT2D eigenvalue weighted by Crippen LogP contribution is -2.42. The molecule has 3 heterocycles. The van der Waals surface area contributed by atoms with Crippen LogP contribution in [0.4, 0.5) is 5.69 Å². The van der Waals surface area contributed by atoms with Crippen molar-refractivity contribution in [2.75, 3.05) is 17.8 Å². The van der Waals surface area contributed by atoms with Gasteiger partial charge in [-0.15, -0.1) is 24.8 Å². The van der Waals surface area contributed by atoms with Gasteiger partial charge in [0.15, 0.2) is 0 Å². The fourth-order valence-corrected chi connectivity index (χ4v) is 5.75. The van der Waals surface area contributed by atoms with Crippen LogP contribution in [-0.2, 0) is 16.6 Å². The van der Waals surface area contributed by atoms with Crippen molar-refractivity contribution >= 4 is 51.5 Å². The van der Waals surface area contributed by atoms with E-state index in [-0.39, 0.29) is 24.8 Å². The van der Waals surface area contributed by atoms with E-state index < -0.39 is 10.0 Å². The largest absolute Gasteiger partial charge is 0.464 e. The van der Waals surface area contributed by atoms with Gasteiger partial charge >= 0.3 is 0 Å². The number of nitrogens with one attached hydrogen (secondary N) is 2. The van der Waals surface area contributed by atoms with E-state index in [0.29, 0.717) is 22.7 Å². The van der Waals surface area contributed by atoms with Gasteiger partial charge in [0.05, 0.1) is 16.8 Å². The second-order valence-electron chi connectivity index (χ2n) is 7.77. The highest BCUT2D eigenvalue weighted by molar-refractivity contribution is 7.92. The van der Waals surface area contributed by atoms with Crippen molar-refractivity contribution in [1.82, 2.24) is 10.2 Å². The predicted octanol–water partition coefficient (Wildman–Crippen LogP) is 3.93. The van der Waals surface area contributed by atoms with Crippen molar-refractivity contribution in [2.45, 2.75) is 36.9 Å². The van der Waals surface area contributed by atoms with E-state index in [1.807, 2.05) is 24.3 Å². The van der Waals surface area contributed by atoms with Crippen LogP contribution in [0.1, 0.15) is 17.5 Å². The molecule has 2 aliphatic heterocycles. The molecule has 0 spiro atoms. The fraction of sp³-hybridized carbons (Fsp3) is 0.333. The Kier molecular flexibility index (Phi) is 6.69. The van der Waals surface area contributed by atoms with Crippen molar-refractivity contribution in [3.8, 4) is 0 Å². The number of sulfonamides is 1. The molecular formula is C21H25Cl2N3O3S. The Morgan fingerprint density at radius 1 is 1.20 bits per heavy atom. The molecule has 2 N–H and O–H groups in total. The van der Waals surface area contributed by atoms with Gasteiger partial charge in [0.25, 0.3) is 10.0 Å². The summed E-state index contributed by atoms with van der Waals surface area (Å²) in [7, 11) is -3.65. The van der Waals surface area contributed by atoms with E-state index in [1.165, 1.54) is 6.42 Å². The first-order valence-electron chi connectivity index (χ1n) is 9.55. The Morgan fingerprint density at radius 3 is 2.70 bits per heavy atom. The number of furan rings is 1. The van der Waals surface area contributed by atoms with E-state index >= 15 is 0 Å². The summed E-state index contributed by atoms with van der Waals surface area (Å²) >= 11 is 0. The normalized spacial score (nSPS) is 20.7. The number of halogens is 2. The lowest BCUT2D eigenvalue weighted by Gasteiger charge is -2.27. The SMILES string of the molecule is Cc1ccccc1S(=O)(=O)Nc1cc(CN2C[C@@H]3C[C@H]2CN3)c2occc2c1.Cl.Cl. The smallest absolute Gasteiger partial charge is 0.262 e. The standard InChI is InChI=1S/C21H23N3O3S.2ClH/c1-14-4-2-3-5-20(14)28(25,26)23-17-8-15-6-7-27-21(15)16(9-17)12-24-13-18-10-19(24)11-22-18;;/h2-9,18-19,22-23H,10-13H2,1H3;2*1H/t18-,19-;;/m0../s1. The van der Waals surface area contributed by atoms with Crippen LogP contribution in [0.3, 0.4) is 0 Å². The van der Waals surface area contributed by atoms with E-state index in [1.54, 1.807) is 31.4 Å². The summed E-state index contributed by atoms with van der Waals surface area (Å²) in [6, 6.07) is 13.7. The summed E-state index contributed by atoms with van der Waals surface area (Å²) in [5.41, 5.74) is 3.13. The third-order valence-electron chi connectivity index (χ3n) is 5.81. The van der Waals surface area contributed by atoms with Crippen LogP contribution in [0.5, 0.6) is 0 Å². The molecule has 2 atom stereocenters. The van der Waals surface area contributed by atoms with Crippen LogP contribution in [0, 0.1) is 6.92 Å². The van der Waals surface area contributed by atoms with Gasteiger partial charge in [-0.25, -0.2) is 8.42 Å². The highest BCUT2D eigenvalue weighted by Crippen LogP contribution is 2.31. The van der Waals surface area contributed by atoms with Gasteiger partial charge in [0, 0.05) is 42.7 Å². The molecule has 1 aromatic heterocycles. The number of benzene rings is 2. The van der Waals surface area contributed by atoms with Crippen molar-refractivity contribution in [3.63, 3.8) is 0 Å². The minimum absolute atomic E-state index is 0. The van der Waals surface area contributed by atoms with Crippen LogP contribution in [0.2, 0.25) is 0 Å². The molecular weight excluding hydrogens is 445 g/mol.